The number of hydrogen-bond donors (Lipinski definition) is 0. The number of benzene rings is 10. The molecule has 0 amide bonds. The summed E-state index contributed by atoms with van der Waals surface area (Å²) < 4.78 is 0. The van der Waals surface area contributed by atoms with Gasteiger partial charge in [-0.3, -0.25) is 9.97 Å². The fourth-order valence-electron chi connectivity index (χ4n) is 10.2. The molecule has 0 spiro atoms. The van der Waals surface area contributed by atoms with Crippen LogP contribution >= 0.6 is 0 Å². The topological polar surface area (TPSA) is 42.0 Å². The average molecular weight is 938 g/mol. The van der Waals surface area contributed by atoms with Gasteiger partial charge in [0.25, 0.3) is 0 Å². The van der Waals surface area contributed by atoms with Gasteiger partial charge in [0, 0.05) is 96.6 Å². The summed E-state index contributed by atoms with van der Waals surface area (Å²) in [5.41, 5.74) is 16.8. The van der Waals surface area contributed by atoms with Crippen molar-refractivity contribution in [1.29, 1.82) is 0 Å². The first-order chi connectivity index (χ1) is 36.2. The van der Waals surface area contributed by atoms with Crippen molar-refractivity contribution in [2.75, 3.05) is 24.5 Å². The number of aromatic nitrogens is 2. The summed E-state index contributed by atoms with van der Waals surface area (Å²) in [5.74, 6) is 0. The Bertz CT molecular complexity index is 3710. The van der Waals surface area contributed by atoms with Crippen LogP contribution in [0.4, 0.5) is 85.3 Å². The second-order valence-corrected chi connectivity index (χ2v) is 18.0. The van der Waals surface area contributed by atoms with Gasteiger partial charge in [0.2, 0.25) is 0 Å². The van der Waals surface area contributed by atoms with Crippen molar-refractivity contribution in [2.45, 2.75) is 0 Å². The molecule has 10 bridgehead atoms. The fraction of sp³-hybridized carbons (Fsp3) is 0. The van der Waals surface area contributed by atoms with Crippen LogP contribution in [0.1, 0.15) is 0 Å². The van der Waals surface area contributed by atoms with E-state index in [-0.39, 0.29) is 0 Å². The molecule has 13 rings (SSSR count). The molecular weight excluding hydrogens is 891 g/mol. The van der Waals surface area contributed by atoms with Crippen molar-refractivity contribution in [3.63, 3.8) is 0 Å². The minimum Gasteiger partial charge on any atom is -0.310 e. The van der Waals surface area contributed by atoms with Gasteiger partial charge in [-0.25, -0.2) is 0 Å². The van der Waals surface area contributed by atoms with Gasteiger partial charge >= 0.3 is 0 Å². The van der Waals surface area contributed by atoms with E-state index in [4.69, 9.17) is 9.97 Å². The third-order valence-corrected chi connectivity index (χ3v) is 13.5. The zero-order valence-electron chi connectivity index (χ0n) is 39.8. The Kier molecular flexibility index (Phi) is 11.1. The number of para-hydroxylation sites is 4. The molecule has 0 unspecified atom stereocenters. The average Bonchev–Trinajstić information content (AvgIpc) is 3.45. The van der Waals surface area contributed by atoms with Crippen LogP contribution in [0.2, 0.25) is 0 Å². The van der Waals surface area contributed by atoms with E-state index in [2.05, 4.69) is 291 Å². The van der Waals surface area contributed by atoms with Gasteiger partial charge in [0.1, 0.15) is 0 Å². The minimum absolute atomic E-state index is 0.864. The number of rotatable bonds is 5. The molecule has 7 heteroatoms. The summed E-state index contributed by atoms with van der Waals surface area (Å²) in [4.78, 5) is 21.7. The van der Waals surface area contributed by atoms with Crippen LogP contribution in [0, 0.1) is 0 Å². The molecule has 0 atom stereocenters. The largest absolute Gasteiger partial charge is 0.310 e. The van der Waals surface area contributed by atoms with Crippen molar-refractivity contribution < 1.29 is 0 Å². The molecule has 0 saturated carbocycles. The molecule has 7 nitrogen and oxygen atoms in total. The van der Waals surface area contributed by atoms with Crippen LogP contribution in [0.25, 0.3) is 21.8 Å². The molecule has 12 aromatic rings. The van der Waals surface area contributed by atoms with Crippen LogP contribution in [0.15, 0.2) is 285 Å². The van der Waals surface area contributed by atoms with Crippen LogP contribution in [-0.2, 0) is 0 Å². The Morgan fingerprint density at radius 3 is 0.795 bits per heavy atom. The van der Waals surface area contributed by atoms with E-state index in [1.807, 2.05) is 18.5 Å². The molecule has 0 fully saturated rings. The predicted octanol–water partition coefficient (Wildman–Crippen LogP) is 18.4. The van der Waals surface area contributed by atoms with Crippen LogP contribution < -0.4 is 24.5 Å². The van der Waals surface area contributed by atoms with Gasteiger partial charge in [0.15, 0.2) is 0 Å². The van der Waals surface area contributed by atoms with Crippen molar-refractivity contribution in [1.82, 2.24) is 9.97 Å². The number of hydrogen-bond acceptors (Lipinski definition) is 7. The van der Waals surface area contributed by atoms with Crippen molar-refractivity contribution in [3.8, 4) is 0 Å². The Hall–Kier alpha value is -9.98. The van der Waals surface area contributed by atoms with Crippen LogP contribution in [0.5, 0.6) is 0 Å². The first kappa shape index (κ1) is 43.1. The van der Waals surface area contributed by atoms with Gasteiger partial charge in [-0.1, -0.05) is 121 Å². The van der Waals surface area contributed by atoms with Crippen LogP contribution in [0.3, 0.4) is 0 Å². The summed E-state index contributed by atoms with van der Waals surface area (Å²) in [7, 11) is 0. The molecule has 346 valence electrons. The third kappa shape index (κ3) is 8.20. The zero-order valence-corrected chi connectivity index (χ0v) is 39.8. The van der Waals surface area contributed by atoms with E-state index < -0.39 is 0 Å². The molecule has 3 heterocycles. The predicted molar refractivity (Wildman–Crippen MR) is 304 cm³/mol. The molecule has 1 aliphatic rings. The van der Waals surface area contributed by atoms with Crippen molar-refractivity contribution in [3.05, 3.63) is 285 Å². The van der Waals surface area contributed by atoms with E-state index in [0.29, 0.717) is 0 Å². The Labute approximate surface area is 425 Å². The highest BCUT2D eigenvalue weighted by molar-refractivity contribution is 6.04. The molecule has 0 saturated heterocycles. The normalized spacial score (nSPS) is 12.5. The van der Waals surface area contributed by atoms with Gasteiger partial charge in [-0.05, 0) is 152 Å². The number of nitrogens with zero attached hydrogens (tertiary/aromatic N) is 7. The highest BCUT2D eigenvalue weighted by Gasteiger charge is 2.24. The third-order valence-electron chi connectivity index (χ3n) is 13.5. The standard InChI is InChI=1S/C66H47N7/c1-5-20-50(21-6-1)69-54-28-13-29-55(42-54)70(51-22-7-2-8-23-51)57-31-15-33-59(44-57)72(53-26-11-4-12-27-53)61-35-17-37-63(46-61)73(64-41-49-39-38-48-19-18-40-67-65(48)66(49)68-47-64)62-36-16-34-60(45-62)71(52-24-9-3-10-25-52)58-32-14-30-56(69)43-58/h1-47H. The maximum atomic E-state index is 5.18. The first-order valence-corrected chi connectivity index (χ1v) is 24.5. The highest BCUT2D eigenvalue weighted by Crippen LogP contribution is 2.47. The molecule has 0 N–H and O–H groups in total. The van der Waals surface area contributed by atoms with Gasteiger partial charge in [-0.15, -0.1) is 0 Å². The van der Waals surface area contributed by atoms with E-state index in [1.165, 1.54) is 0 Å². The van der Waals surface area contributed by atoms with E-state index in [1.54, 1.807) is 0 Å². The quantitative estimate of drug-likeness (QED) is 0.159. The molecule has 10 aromatic carbocycles. The lowest BCUT2D eigenvalue weighted by molar-refractivity contribution is 1.21. The zero-order chi connectivity index (χ0) is 48.5. The molecule has 0 aliphatic carbocycles. The number of pyridine rings is 2. The first-order valence-electron chi connectivity index (χ1n) is 24.5. The van der Waals surface area contributed by atoms with Gasteiger partial charge in [0.05, 0.1) is 22.9 Å². The molecular formula is C66H47N7. The number of fused-ring (bicyclic) bond motifs is 13. The van der Waals surface area contributed by atoms with Crippen LogP contribution in [-0.4, -0.2) is 9.97 Å². The van der Waals surface area contributed by atoms with Gasteiger partial charge in [-0.2, -0.15) is 0 Å². The van der Waals surface area contributed by atoms with E-state index in [9.17, 15) is 0 Å². The number of anilines is 15. The lowest BCUT2D eigenvalue weighted by Crippen LogP contribution is -2.16. The monoisotopic (exact) mass is 937 g/mol. The second kappa shape index (κ2) is 18.7. The summed E-state index contributed by atoms with van der Waals surface area (Å²) >= 11 is 0. The molecule has 1 aliphatic heterocycles. The summed E-state index contributed by atoms with van der Waals surface area (Å²) in [5, 5.41) is 2.06. The molecule has 0 radical (unpaired) electrons. The Morgan fingerprint density at radius 1 is 0.192 bits per heavy atom. The van der Waals surface area contributed by atoms with E-state index >= 15 is 0 Å². The maximum absolute atomic E-state index is 5.18. The summed E-state index contributed by atoms with van der Waals surface area (Å²) in [6, 6.07) is 97.3. The molecule has 73 heavy (non-hydrogen) atoms. The van der Waals surface area contributed by atoms with E-state index in [0.717, 1.165) is 107 Å². The van der Waals surface area contributed by atoms with Gasteiger partial charge < -0.3 is 24.5 Å². The smallest absolute Gasteiger partial charge is 0.0966 e. The highest BCUT2D eigenvalue weighted by atomic mass is 15.2. The van der Waals surface area contributed by atoms with Crippen molar-refractivity contribution in [2.24, 2.45) is 0 Å². The Morgan fingerprint density at radius 2 is 0.466 bits per heavy atom. The lowest BCUT2D eigenvalue weighted by atomic mass is 10.1. The SMILES string of the molecule is c1ccc(N2c3cccc(c3)N(c3ccccc3)c3cccc(c3)N(c3ccccc3)c3cccc(c3)N(c3cnc4c(ccc5cccnc54)c3)c3cccc(c3)N(c3ccccc3)c3cccc2c3)cc1. The second-order valence-electron chi connectivity index (χ2n) is 18.0. The Balaban J connectivity index is 1.09. The van der Waals surface area contributed by atoms with Crippen molar-refractivity contribution >= 4 is 107 Å². The summed E-state index contributed by atoms with van der Waals surface area (Å²) in [6.45, 7) is 0. The summed E-state index contributed by atoms with van der Waals surface area (Å²) in [6.07, 6.45) is 3.82. The minimum atomic E-state index is 0.864. The fourth-order valence-corrected chi connectivity index (χ4v) is 10.2. The molecule has 2 aromatic heterocycles. The lowest BCUT2D eigenvalue weighted by Gasteiger charge is -2.33. The maximum Gasteiger partial charge on any atom is 0.0966 e.